The fourth-order valence-electron chi connectivity index (χ4n) is 1.66. The summed E-state index contributed by atoms with van der Waals surface area (Å²) in [5.74, 6) is 0.613. The summed E-state index contributed by atoms with van der Waals surface area (Å²) in [6.45, 7) is 0. The van der Waals surface area contributed by atoms with Gasteiger partial charge in [0.1, 0.15) is 15.6 Å². The predicted octanol–water partition coefficient (Wildman–Crippen LogP) is 1.76. The first-order valence-electron chi connectivity index (χ1n) is 5.66. The maximum absolute atomic E-state index is 11.1. The summed E-state index contributed by atoms with van der Waals surface area (Å²) in [7, 11) is -1.52. The van der Waals surface area contributed by atoms with Crippen LogP contribution in [0.3, 0.4) is 0 Å². The third-order valence-corrected chi connectivity index (χ3v) is 3.55. The van der Waals surface area contributed by atoms with Crippen molar-refractivity contribution in [2.75, 3.05) is 24.4 Å². The van der Waals surface area contributed by atoms with Crippen molar-refractivity contribution < 1.29 is 23.1 Å². The van der Waals surface area contributed by atoms with Gasteiger partial charge in [0.2, 0.25) is 0 Å². The van der Waals surface area contributed by atoms with E-state index in [1.807, 2.05) is 0 Å². The smallest absolute Gasteiger partial charge is 0.409 e. The Morgan fingerprint density at radius 3 is 2.63 bits per heavy atom. The molecule has 1 amide bonds. The number of amides is 1. The van der Waals surface area contributed by atoms with Crippen molar-refractivity contribution in [2.24, 2.45) is 0 Å². The van der Waals surface area contributed by atoms with Crippen LogP contribution in [0.2, 0.25) is 0 Å². The van der Waals surface area contributed by atoms with Gasteiger partial charge < -0.3 is 9.84 Å². The summed E-state index contributed by atoms with van der Waals surface area (Å²) in [6.07, 6.45) is 0.932. The molecule has 0 aliphatic carbocycles. The van der Waals surface area contributed by atoms with Gasteiger partial charge in [0.05, 0.1) is 18.6 Å². The Kier molecular flexibility index (Phi) is 5.17. The molecule has 0 unspecified atom stereocenters. The molecule has 0 radical (unpaired) electrons. The molecule has 0 aliphatic rings. The molecule has 0 bridgehead atoms. The van der Waals surface area contributed by atoms with Gasteiger partial charge >= 0.3 is 6.09 Å². The highest BCUT2D eigenvalue weighted by Crippen LogP contribution is 2.23. The number of hydrogen-bond acceptors (Lipinski definition) is 4. The molecular weight excluding hydrogens is 270 g/mol. The summed E-state index contributed by atoms with van der Waals surface area (Å²) >= 11 is 0. The molecule has 0 saturated heterocycles. The summed E-state index contributed by atoms with van der Waals surface area (Å²) in [4.78, 5) is 10.7. The molecule has 19 heavy (non-hydrogen) atoms. The molecule has 0 spiro atoms. The number of nitrogens with one attached hydrogen (secondary N) is 1. The highest BCUT2D eigenvalue weighted by molar-refractivity contribution is 7.90. The Bertz CT molecular complexity index is 553. The lowest BCUT2D eigenvalue weighted by atomic mass is 10.1. The number of rotatable bonds is 6. The summed E-state index contributed by atoms with van der Waals surface area (Å²) in [6, 6.07) is 5.01. The number of methoxy groups -OCH3 is 1. The molecular formula is C12H17NO5S. The van der Waals surface area contributed by atoms with E-state index in [2.05, 4.69) is 5.32 Å². The van der Waals surface area contributed by atoms with E-state index in [4.69, 9.17) is 9.84 Å². The zero-order valence-electron chi connectivity index (χ0n) is 10.8. The van der Waals surface area contributed by atoms with Crippen molar-refractivity contribution in [3.8, 4) is 5.75 Å². The van der Waals surface area contributed by atoms with Crippen molar-refractivity contribution in [2.45, 2.75) is 12.8 Å². The van der Waals surface area contributed by atoms with Gasteiger partial charge in [0.15, 0.2) is 0 Å². The minimum atomic E-state index is -3.00. The second-order valence-corrected chi connectivity index (χ2v) is 6.45. The standard InChI is InChI=1S/C12H17NO5S/c1-18-10-6-5-9(4-3-7-19(2,16)17)11(8-10)13-12(14)15/h5-6,8,13H,3-4,7H2,1-2H3,(H,14,15). The van der Waals surface area contributed by atoms with Crippen molar-refractivity contribution in [1.29, 1.82) is 0 Å². The van der Waals surface area contributed by atoms with Gasteiger partial charge in [-0.15, -0.1) is 0 Å². The van der Waals surface area contributed by atoms with Crippen LogP contribution in [0.15, 0.2) is 18.2 Å². The summed E-state index contributed by atoms with van der Waals surface area (Å²) in [5, 5.41) is 11.0. The Labute approximate surface area is 112 Å². The molecule has 0 aromatic heterocycles. The molecule has 0 atom stereocenters. The third-order valence-electron chi connectivity index (χ3n) is 2.52. The van der Waals surface area contributed by atoms with E-state index in [9.17, 15) is 13.2 Å². The van der Waals surface area contributed by atoms with Crippen molar-refractivity contribution in [3.05, 3.63) is 23.8 Å². The van der Waals surface area contributed by atoms with E-state index in [-0.39, 0.29) is 5.75 Å². The molecule has 1 aromatic carbocycles. The van der Waals surface area contributed by atoms with Crippen LogP contribution in [0.4, 0.5) is 10.5 Å². The maximum atomic E-state index is 11.1. The SMILES string of the molecule is COc1ccc(CCCS(C)(=O)=O)c(NC(=O)O)c1. The highest BCUT2D eigenvalue weighted by Gasteiger charge is 2.09. The first-order chi connectivity index (χ1) is 8.81. The number of ether oxygens (including phenoxy) is 1. The fraction of sp³-hybridized carbons (Fsp3) is 0.417. The number of carbonyl (C=O) groups is 1. The average Bonchev–Trinajstić information content (AvgIpc) is 2.28. The number of aryl methyl sites for hydroxylation is 1. The number of benzene rings is 1. The Balaban J connectivity index is 2.83. The molecule has 2 N–H and O–H groups in total. The number of sulfone groups is 1. The van der Waals surface area contributed by atoms with Gasteiger partial charge in [-0.3, -0.25) is 5.32 Å². The normalized spacial score (nSPS) is 11.1. The van der Waals surface area contributed by atoms with Crippen LogP contribution >= 0.6 is 0 Å². The van der Waals surface area contributed by atoms with E-state index >= 15 is 0 Å². The van der Waals surface area contributed by atoms with E-state index in [0.717, 1.165) is 5.56 Å². The van der Waals surface area contributed by atoms with Crippen molar-refractivity contribution >= 4 is 21.6 Å². The lowest BCUT2D eigenvalue weighted by Gasteiger charge is -2.11. The zero-order valence-corrected chi connectivity index (χ0v) is 11.7. The van der Waals surface area contributed by atoms with Gasteiger partial charge in [-0.05, 0) is 24.5 Å². The minimum Gasteiger partial charge on any atom is -0.497 e. The van der Waals surface area contributed by atoms with Gasteiger partial charge in [-0.25, -0.2) is 13.2 Å². The molecule has 1 rings (SSSR count). The first-order valence-corrected chi connectivity index (χ1v) is 7.72. The van der Waals surface area contributed by atoms with Crippen molar-refractivity contribution in [1.82, 2.24) is 0 Å². The molecule has 1 aromatic rings. The maximum Gasteiger partial charge on any atom is 0.409 e. The van der Waals surface area contributed by atoms with E-state index in [1.54, 1.807) is 18.2 Å². The molecule has 106 valence electrons. The zero-order chi connectivity index (χ0) is 14.5. The monoisotopic (exact) mass is 287 g/mol. The first kappa shape index (κ1) is 15.3. The van der Waals surface area contributed by atoms with Crippen LogP contribution in [-0.2, 0) is 16.3 Å². The van der Waals surface area contributed by atoms with Crippen LogP contribution in [0.5, 0.6) is 5.75 Å². The largest absolute Gasteiger partial charge is 0.497 e. The molecule has 0 fully saturated rings. The predicted molar refractivity (Wildman–Crippen MR) is 72.7 cm³/mol. The van der Waals surface area contributed by atoms with Gasteiger partial charge in [-0.1, -0.05) is 6.07 Å². The van der Waals surface area contributed by atoms with Crippen LogP contribution in [-0.4, -0.2) is 38.7 Å². The minimum absolute atomic E-state index is 0.0749. The van der Waals surface area contributed by atoms with Crippen molar-refractivity contribution in [3.63, 3.8) is 0 Å². The average molecular weight is 287 g/mol. The summed E-state index contributed by atoms with van der Waals surface area (Å²) in [5.41, 5.74) is 1.16. The van der Waals surface area contributed by atoms with Crippen LogP contribution < -0.4 is 10.1 Å². The van der Waals surface area contributed by atoms with Gasteiger partial charge in [0.25, 0.3) is 0 Å². The van der Waals surface area contributed by atoms with Gasteiger partial charge in [0, 0.05) is 12.3 Å². The topological polar surface area (TPSA) is 92.7 Å². The third kappa shape index (κ3) is 5.60. The molecule has 0 aliphatic heterocycles. The van der Waals surface area contributed by atoms with E-state index in [0.29, 0.717) is 24.3 Å². The van der Waals surface area contributed by atoms with Crippen LogP contribution in [0.1, 0.15) is 12.0 Å². The lowest BCUT2D eigenvalue weighted by molar-refractivity contribution is 0.209. The van der Waals surface area contributed by atoms with Crippen LogP contribution in [0.25, 0.3) is 0 Å². The summed E-state index contributed by atoms with van der Waals surface area (Å²) < 4.78 is 27.1. The second kappa shape index (κ2) is 6.42. The Morgan fingerprint density at radius 2 is 2.11 bits per heavy atom. The van der Waals surface area contributed by atoms with E-state index in [1.165, 1.54) is 13.4 Å². The quantitative estimate of drug-likeness (QED) is 0.831. The molecule has 7 heteroatoms. The van der Waals surface area contributed by atoms with Gasteiger partial charge in [-0.2, -0.15) is 0 Å². The van der Waals surface area contributed by atoms with E-state index < -0.39 is 15.9 Å². The highest BCUT2D eigenvalue weighted by atomic mass is 32.2. The fourth-order valence-corrected chi connectivity index (χ4v) is 2.33. The second-order valence-electron chi connectivity index (χ2n) is 4.19. The van der Waals surface area contributed by atoms with Crippen LogP contribution in [0, 0.1) is 0 Å². The molecule has 0 saturated carbocycles. The number of carboxylic acid groups (broad SMARTS) is 1. The number of hydrogen-bond donors (Lipinski definition) is 2. The number of anilines is 1. The lowest BCUT2D eigenvalue weighted by Crippen LogP contribution is -2.10. The Hall–Kier alpha value is -1.76. The Morgan fingerprint density at radius 1 is 1.42 bits per heavy atom. The molecule has 6 nitrogen and oxygen atoms in total. The molecule has 0 heterocycles.